The van der Waals surface area contributed by atoms with Crippen molar-refractivity contribution < 1.29 is 9.13 Å². The number of hydrogen-bond donors (Lipinski definition) is 0. The van der Waals surface area contributed by atoms with E-state index in [1.807, 2.05) is 13.0 Å². The van der Waals surface area contributed by atoms with Crippen LogP contribution in [0, 0.1) is 23.1 Å². The highest BCUT2D eigenvalue weighted by Gasteiger charge is 2.46. The second-order valence-corrected chi connectivity index (χ2v) is 5.58. The molecule has 2 rings (SSSR count). The molecule has 3 unspecified atom stereocenters. The van der Waals surface area contributed by atoms with Gasteiger partial charge in [-0.3, -0.25) is 0 Å². The van der Waals surface area contributed by atoms with Crippen molar-refractivity contribution in [3.05, 3.63) is 35.6 Å². The Balaban J connectivity index is 2.30. The van der Waals surface area contributed by atoms with Crippen LogP contribution in [0.5, 0.6) is 0 Å². The van der Waals surface area contributed by atoms with Crippen molar-refractivity contribution in [2.24, 2.45) is 26.1 Å². The summed E-state index contributed by atoms with van der Waals surface area (Å²) in [6, 6.07) is 8.05. The van der Waals surface area contributed by atoms with E-state index in [0.29, 0.717) is 0 Å². The molecule has 1 aliphatic rings. The highest BCUT2D eigenvalue weighted by Crippen LogP contribution is 2.50. The van der Waals surface area contributed by atoms with Gasteiger partial charge in [-0.15, -0.1) is 5.10 Å². The zero-order valence-electron chi connectivity index (χ0n) is 14.3. The first-order chi connectivity index (χ1) is 12.1. The number of nitrogens with zero attached hydrogens (tertiary/aromatic N) is 5. The van der Waals surface area contributed by atoms with E-state index in [2.05, 4.69) is 26.9 Å². The quantitative estimate of drug-likeness (QED) is 0.451. The third kappa shape index (κ3) is 4.80. The first kappa shape index (κ1) is 18.5. The molecule has 0 bridgehead atoms. The Morgan fingerprint density at radius 2 is 2.20 bits per heavy atom. The van der Waals surface area contributed by atoms with E-state index in [4.69, 9.17) is 4.74 Å². The molecule has 7 heteroatoms. The lowest BCUT2D eigenvalue weighted by atomic mass is 10.0. The predicted molar refractivity (Wildman–Crippen MR) is 96.9 cm³/mol. The molecule has 0 N–H and O–H groups in total. The Kier molecular flexibility index (Phi) is 6.52. The van der Waals surface area contributed by atoms with Gasteiger partial charge in [-0.05, 0) is 42.4 Å². The van der Waals surface area contributed by atoms with E-state index >= 15 is 0 Å². The zero-order valence-corrected chi connectivity index (χ0v) is 14.3. The lowest BCUT2D eigenvalue weighted by Crippen LogP contribution is -2.22. The smallest absolute Gasteiger partial charge is 0.311 e. The molecule has 1 aromatic carbocycles. The fourth-order valence-electron chi connectivity index (χ4n) is 2.67. The van der Waals surface area contributed by atoms with Crippen molar-refractivity contribution in [2.75, 3.05) is 7.11 Å². The van der Waals surface area contributed by atoms with Gasteiger partial charge in [0.2, 0.25) is 0 Å². The van der Waals surface area contributed by atoms with Crippen LogP contribution >= 0.6 is 0 Å². The molecular formula is C18H20FN5O. The van der Waals surface area contributed by atoms with Gasteiger partial charge >= 0.3 is 6.02 Å². The predicted octanol–water partition coefficient (Wildman–Crippen LogP) is 3.36. The summed E-state index contributed by atoms with van der Waals surface area (Å²) >= 11 is 0. The lowest BCUT2D eigenvalue weighted by molar-refractivity contribution is 0.392. The van der Waals surface area contributed by atoms with Crippen molar-refractivity contribution in [3.63, 3.8) is 0 Å². The lowest BCUT2D eigenvalue weighted by Gasteiger charge is -2.11. The van der Waals surface area contributed by atoms with Crippen LogP contribution in [-0.2, 0) is 4.74 Å². The van der Waals surface area contributed by atoms with E-state index in [1.54, 1.807) is 18.3 Å². The molecule has 0 spiro atoms. The minimum Gasteiger partial charge on any atom is -0.467 e. The molecule has 3 atom stereocenters. The maximum Gasteiger partial charge on any atom is 0.311 e. The van der Waals surface area contributed by atoms with Crippen LogP contribution in [0.3, 0.4) is 0 Å². The Bertz CT molecular complexity index is 733. The van der Waals surface area contributed by atoms with Gasteiger partial charge in [0, 0.05) is 12.9 Å². The van der Waals surface area contributed by atoms with Gasteiger partial charge in [0.05, 0.1) is 7.11 Å². The molecule has 25 heavy (non-hydrogen) atoms. The Hall–Kier alpha value is -2.88. The number of rotatable bonds is 6. The van der Waals surface area contributed by atoms with Crippen LogP contribution in [0.4, 0.5) is 4.39 Å². The zero-order chi connectivity index (χ0) is 18.2. The third-order valence-corrected chi connectivity index (χ3v) is 3.93. The van der Waals surface area contributed by atoms with Crippen LogP contribution in [0.15, 0.2) is 44.5 Å². The number of nitriles is 1. The third-order valence-electron chi connectivity index (χ3n) is 3.93. The number of ether oxygens (including phenoxy) is 1. The highest BCUT2D eigenvalue weighted by atomic mass is 19.1. The van der Waals surface area contributed by atoms with Gasteiger partial charge in [0.25, 0.3) is 0 Å². The maximum absolute atomic E-state index is 13.1. The van der Waals surface area contributed by atoms with E-state index in [9.17, 15) is 9.65 Å². The molecule has 1 aromatic rings. The van der Waals surface area contributed by atoms with E-state index in [-0.39, 0.29) is 29.4 Å². The van der Waals surface area contributed by atoms with Gasteiger partial charge in [0.1, 0.15) is 17.9 Å². The average molecular weight is 341 g/mol. The first-order valence-electron chi connectivity index (χ1n) is 7.98. The Morgan fingerprint density at radius 1 is 1.48 bits per heavy atom. The second-order valence-electron chi connectivity index (χ2n) is 5.58. The summed E-state index contributed by atoms with van der Waals surface area (Å²) < 4.78 is 18.3. The van der Waals surface area contributed by atoms with Crippen LogP contribution in [0.1, 0.15) is 31.2 Å². The normalized spacial score (nSPS) is 21.7. The number of aliphatic imine (C=N–C) groups is 2. The summed E-state index contributed by atoms with van der Waals surface area (Å²) in [6.07, 6.45) is 3.23. The van der Waals surface area contributed by atoms with Gasteiger partial charge in [-0.25, -0.2) is 14.4 Å². The van der Waals surface area contributed by atoms with E-state index < -0.39 is 6.04 Å². The summed E-state index contributed by atoms with van der Waals surface area (Å²) in [6.45, 7) is 5.25. The average Bonchev–Trinajstić information content (AvgIpc) is 3.41. The fraction of sp³-hybridized carbons (Fsp3) is 0.389. The topological polar surface area (TPSA) is 82.5 Å². The van der Waals surface area contributed by atoms with Gasteiger partial charge < -0.3 is 4.74 Å². The second kappa shape index (κ2) is 8.83. The summed E-state index contributed by atoms with van der Waals surface area (Å²) in [5.41, 5.74) is 1.16. The molecule has 0 amide bonds. The number of halogens is 1. The minimum absolute atomic E-state index is 0.0487. The monoisotopic (exact) mass is 341 g/mol. The first-order valence-corrected chi connectivity index (χ1v) is 7.98. The highest BCUT2D eigenvalue weighted by molar-refractivity contribution is 6.04. The summed E-state index contributed by atoms with van der Waals surface area (Å²) in [5.74, 6) is -0.0557. The number of benzene rings is 1. The molecule has 0 radical (unpaired) electrons. The molecule has 0 saturated heterocycles. The minimum atomic E-state index is -0.533. The Morgan fingerprint density at radius 3 is 2.76 bits per heavy atom. The van der Waals surface area contributed by atoms with Crippen LogP contribution in [-0.4, -0.2) is 37.8 Å². The van der Waals surface area contributed by atoms with Gasteiger partial charge in [0.15, 0.2) is 5.71 Å². The van der Waals surface area contributed by atoms with Gasteiger partial charge in [-0.1, -0.05) is 19.1 Å². The standard InChI is InChI=1S/C18H20FN5O/c1-4-9-22-18(25-3)23-17(16(11-20)24-21-2)15-10-14(15)12-5-7-13(19)8-6-12/h5-9,14-15,17H,2,4,10H2,1,3H3/b22-9?,23-18?,24-16-. The van der Waals surface area contributed by atoms with E-state index in [1.165, 1.54) is 19.2 Å². The molecule has 0 aliphatic heterocycles. The van der Waals surface area contributed by atoms with Crippen molar-refractivity contribution in [1.29, 1.82) is 5.26 Å². The van der Waals surface area contributed by atoms with Crippen molar-refractivity contribution in [1.82, 2.24) is 0 Å². The SMILES string of the molecule is C=N/N=C(/C#N)C(N=C(N=CCC)OC)C1CC1c1ccc(F)cc1. The van der Waals surface area contributed by atoms with Crippen molar-refractivity contribution in [3.8, 4) is 6.07 Å². The molecule has 0 heterocycles. The van der Waals surface area contributed by atoms with Crippen LogP contribution < -0.4 is 0 Å². The number of hydrogen-bond acceptors (Lipinski definition) is 5. The molecule has 1 aliphatic carbocycles. The summed E-state index contributed by atoms with van der Waals surface area (Å²) in [4.78, 5) is 8.60. The molecule has 6 nitrogen and oxygen atoms in total. The summed E-state index contributed by atoms with van der Waals surface area (Å²) in [7, 11) is 1.47. The van der Waals surface area contributed by atoms with Crippen molar-refractivity contribution in [2.45, 2.75) is 31.7 Å². The fourth-order valence-corrected chi connectivity index (χ4v) is 2.67. The number of amidine groups is 1. The molecule has 1 saturated carbocycles. The Labute approximate surface area is 146 Å². The summed E-state index contributed by atoms with van der Waals surface area (Å²) in [5, 5.41) is 16.7. The van der Waals surface area contributed by atoms with Gasteiger partial charge in [-0.2, -0.15) is 10.4 Å². The largest absolute Gasteiger partial charge is 0.467 e. The van der Waals surface area contributed by atoms with Crippen LogP contribution in [0.2, 0.25) is 0 Å². The molecule has 0 aromatic heterocycles. The maximum atomic E-state index is 13.1. The number of methoxy groups -OCH3 is 1. The van der Waals surface area contributed by atoms with Crippen molar-refractivity contribution >= 4 is 24.7 Å². The van der Waals surface area contributed by atoms with Crippen LogP contribution in [0.25, 0.3) is 0 Å². The molecular weight excluding hydrogens is 321 g/mol. The van der Waals surface area contributed by atoms with E-state index in [0.717, 1.165) is 18.4 Å². The molecule has 1 fully saturated rings. The molecule has 130 valence electrons.